The molecule has 17 heavy (non-hydrogen) atoms. The fraction of sp³-hybridized carbons (Fsp3) is 0. The highest BCUT2D eigenvalue weighted by Crippen LogP contribution is 2.39. The third-order valence-electron chi connectivity index (χ3n) is 2.71. The number of halogens is 3. The van der Waals surface area contributed by atoms with Crippen LogP contribution in [0.5, 0.6) is 0 Å². The lowest BCUT2D eigenvalue weighted by Gasteiger charge is -2.08. The van der Waals surface area contributed by atoms with Crippen molar-refractivity contribution in [1.29, 1.82) is 0 Å². The first-order chi connectivity index (χ1) is 8.18. The van der Waals surface area contributed by atoms with Gasteiger partial charge in [-0.05, 0) is 28.3 Å². The van der Waals surface area contributed by atoms with Crippen LogP contribution in [-0.2, 0) is 0 Å². The van der Waals surface area contributed by atoms with Crippen LogP contribution in [0.15, 0.2) is 30.3 Å². The molecule has 0 heterocycles. The van der Waals surface area contributed by atoms with Crippen LogP contribution >= 0.6 is 34.8 Å². The minimum atomic E-state index is 0.348. The number of fused-ring (bicyclic) bond motifs is 3. The van der Waals surface area contributed by atoms with Gasteiger partial charge in [0.25, 0.3) is 0 Å². The van der Waals surface area contributed by atoms with Crippen molar-refractivity contribution in [3.63, 3.8) is 0 Å². The molecule has 82 valence electrons. The average molecular weight is 280 g/mol. The molecule has 0 saturated carbocycles. The molecule has 0 spiro atoms. The molecule has 3 aromatic carbocycles. The summed E-state index contributed by atoms with van der Waals surface area (Å²) in [5, 5.41) is 5.01. The van der Waals surface area contributed by atoms with Crippen molar-refractivity contribution in [2.24, 2.45) is 0 Å². The molecule has 0 aliphatic rings. The normalized spacial score (nSPS) is 11.2. The van der Waals surface area contributed by atoms with Crippen LogP contribution in [0.4, 0.5) is 0 Å². The van der Waals surface area contributed by atoms with E-state index in [2.05, 4.69) is 12.1 Å². The summed E-state index contributed by atoms with van der Waals surface area (Å²) in [6.07, 6.45) is 0. The van der Waals surface area contributed by atoms with Crippen LogP contribution in [0.25, 0.3) is 21.5 Å². The van der Waals surface area contributed by atoms with E-state index in [-0.39, 0.29) is 0 Å². The van der Waals surface area contributed by atoms with Gasteiger partial charge in [-0.15, -0.1) is 0 Å². The Kier molecular flexibility index (Phi) is 2.67. The molecule has 2 radical (unpaired) electrons. The molecule has 0 N–H and O–H groups in total. The first kappa shape index (κ1) is 11.2. The summed E-state index contributed by atoms with van der Waals surface area (Å²) in [7, 11) is 0. The van der Waals surface area contributed by atoms with Crippen LogP contribution in [-0.4, -0.2) is 0 Å². The minimum Gasteiger partial charge on any atom is -0.0819 e. The van der Waals surface area contributed by atoms with Gasteiger partial charge in [-0.2, -0.15) is 0 Å². The fourth-order valence-corrected chi connectivity index (χ4v) is 2.61. The lowest BCUT2D eigenvalue weighted by molar-refractivity contribution is 1.74. The zero-order valence-corrected chi connectivity index (χ0v) is 10.8. The zero-order valence-electron chi connectivity index (χ0n) is 8.52. The summed E-state index contributed by atoms with van der Waals surface area (Å²) in [4.78, 5) is 0. The van der Waals surface area contributed by atoms with Crippen molar-refractivity contribution in [2.45, 2.75) is 0 Å². The maximum absolute atomic E-state index is 6.26. The Hall–Kier alpha value is -0.950. The summed E-state index contributed by atoms with van der Waals surface area (Å²) in [6, 6.07) is 15.7. The molecule has 3 heteroatoms. The number of hydrogen-bond donors (Lipinski definition) is 0. The first-order valence-electron chi connectivity index (χ1n) is 4.97. The maximum atomic E-state index is 6.26. The molecule has 0 nitrogen and oxygen atoms in total. The van der Waals surface area contributed by atoms with Gasteiger partial charge in [-0.3, -0.25) is 0 Å². The van der Waals surface area contributed by atoms with Gasteiger partial charge in [0, 0.05) is 11.5 Å². The second kappa shape index (κ2) is 4.06. The van der Waals surface area contributed by atoms with E-state index in [0.717, 1.165) is 21.5 Å². The van der Waals surface area contributed by atoms with E-state index in [9.17, 15) is 0 Å². The van der Waals surface area contributed by atoms with Gasteiger partial charge in [0.05, 0.1) is 15.1 Å². The van der Waals surface area contributed by atoms with Gasteiger partial charge in [0.1, 0.15) is 0 Å². The highest BCUT2D eigenvalue weighted by Gasteiger charge is 2.11. The van der Waals surface area contributed by atoms with Crippen molar-refractivity contribution in [3.8, 4) is 0 Å². The molecule has 0 bridgehead atoms. The fourth-order valence-electron chi connectivity index (χ4n) is 1.93. The quantitative estimate of drug-likeness (QED) is 0.374. The Morgan fingerprint density at radius 3 is 2.59 bits per heavy atom. The smallest absolute Gasteiger partial charge is 0.0791 e. The van der Waals surface area contributed by atoms with E-state index in [1.807, 2.05) is 30.3 Å². The van der Waals surface area contributed by atoms with E-state index < -0.39 is 0 Å². The highest BCUT2D eigenvalue weighted by molar-refractivity contribution is 6.51. The maximum Gasteiger partial charge on any atom is 0.0791 e. The van der Waals surface area contributed by atoms with Crippen LogP contribution in [0.1, 0.15) is 0 Å². The average Bonchev–Trinajstić information content (AvgIpc) is 2.35. The second-order valence-corrected chi connectivity index (χ2v) is 4.84. The van der Waals surface area contributed by atoms with Gasteiger partial charge < -0.3 is 0 Å². The largest absolute Gasteiger partial charge is 0.0819 e. The van der Waals surface area contributed by atoms with Gasteiger partial charge in [0.2, 0.25) is 0 Å². The third-order valence-corrected chi connectivity index (χ3v) is 3.95. The van der Waals surface area contributed by atoms with E-state index in [1.165, 1.54) is 0 Å². The number of rotatable bonds is 0. The van der Waals surface area contributed by atoms with Crippen LogP contribution in [0.2, 0.25) is 15.1 Å². The summed E-state index contributed by atoms with van der Waals surface area (Å²) < 4.78 is 0. The molecule has 0 amide bonds. The Morgan fingerprint density at radius 1 is 0.941 bits per heavy atom. The van der Waals surface area contributed by atoms with E-state index in [0.29, 0.717) is 15.1 Å². The molecule has 0 saturated heterocycles. The van der Waals surface area contributed by atoms with Gasteiger partial charge in [0.15, 0.2) is 0 Å². The van der Waals surface area contributed by atoms with Crippen molar-refractivity contribution in [1.82, 2.24) is 0 Å². The van der Waals surface area contributed by atoms with Crippen molar-refractivity contribution >= 4 is 56.3 Å². The Balaban J connectivity index is 2.62. The molecule has 0 unspecified atom stereocenters. The first-order valence-corrected chi connectivity index (χ1v) is 6.10. The topological polar surface area (TPSA) is 0 Å². The van der Waals surface area contributed by atoms with E-state index in [4.69, 9.17) is 34.8 Å². The predicted molar refractivity (Wildman–Crippen MR) is 74.2 cm³/mol. The monoisotopic (exact) mass is 278 g/mol. The van der Waals surface area contributed by atoms with Crippen LogP contribution in [0.3, 0.4) is 0 Å². The summed E-state index contributed by atoms with van der Waals surface area (Å²) in [5.41, 5.74) is 0. The molecule has 3 rings (SSSR count). The predicted octanol–water partition coefficient (Wildman–Crippen LogP) is 5.55. The molecule has 0 aliphatic heterocycles. The Bertz CT molecular complexity index is 732. The second-order valence-electron chi connectivity index (χ2n) is 3.70. The van der Waals surface area contributed by atoms with E-state index >= 15 is 0 Å². The van der Waals surface area contributed by atoms with Gasteiger partial charge in [-0.25, -0.2) is 0 Å². The molecular formula is C14H5Cl3. The highest BCUT2D eigenvalue weighted by atomic mass is 35.5. The van der Waals surface area contributed by atoms with Crippen LogP contribution < -0.4 is 0 Å². The van der Waals surface area contributed by atoms with Crippen molar-refractivity contribution in [2.75, 3.05) is 0 Å². The molecule has 0 aliphatic carbocycles. The standard InChI is InChI=1S/C14H5Cl3/c15-11-7-9-6-5-8-3-1-2-4-10(8)12(9)14(17)13(11)16/h2-6H. The van der Waals surface area contributed by atoms with E-state index in [1.54, 1.807) is 0 Å². The lowest BCUT2D eigenvalue weighted by atomic mass is 10.0. The van der Waals surface area contributed by atoms with Gasteiger partial charge >= 0.3 is 0 Å². The Labute approximate surface area is 114 Å². The Morgan fingerprint density at radius 2 is 1.76 bits per heavy atom. The molecule has 0 aromatic heterocycles. The summed E-state index contributed by atoms with van der Waals surface area (Å²) in [5.74, 6) is 0. The van der Waals surface area contributed by atoms with Gasteiger partial charge in [-0.1, -0.05) is 59.1 Å². The van der Waals surface area contributed by atoms with Crippen molar-refractivity contribution < 1.29 is 0 Å². The lowest BCUT2D eigenvalue weighted by Crippen LogP contribution is -1.82. The summed E-state index contributed by atoms with van der Waals surface area (Å²) in [6.45, 7) is 0. The zero-order chi connectivity index (χ0) is 12.0. The number of benzene rings is 3. The van der Waals surface area contributed by atoms with Crippen LogP contribution in [0, 0.1) is 12.1 Å². The number of hydrogen-bond acceptors (Lipinski definition) is 0. The molecular weight excluding hydrogens is 275 g/mol. The SMILES string of the molecule is Clc1[c]c2ccc3c[c]ccc3c2c(Cl)c1Cl. The molecule has 0 atom stereocenters. The third kappa shape index (κ3) is 1.68. The summed E-state index contributed by atoms with van der Waals surface area (Å²) >= 11 is 18.3. The molecule has 3 aromatic rings. The molecule has 0 fully saturated rings. The minimum absolute atomic E-state index is 0.348. The van der Waals surface area contributed by atoms with Crippen molar-refractivity contribution in [3.05, 3.63) is 57.5 Å².